The zero-order valence-electron chi connectivity index (χ0n) is 18.8. The number of alkyl halides is 3. The van der Waals surface area contributed by atoms with Gasteiger partial charge in [0.1, 0.15) is 12.4 Å². The van der Waals surface area contributed by atoms with Gasteiger partial charge in [0, 0.05) is 21.7 Å². The minimum Gasteiger partial charge on any atom is -0.489 e. The number of hydrogen-bond acceptors (Lipinski definition) is 5. The normalized spacial score (nSPS) is 13.0. The molecule has 1 aliphatic heterocycles. The number of thioether (sulfide) groups is 1. The fraction of sp³-hybridized carbons (Fsp3) is 0.231. The van der Waals surface area contributed by atoms with Crippen molar-refractivity contribution in [2.45, 2.75) is 36.9 Å². The van der Waals surface area contributed by atoms with Crippen molar-refractivity contribution in [2.75, 3.05) is 11.5 Å². The highest BCUT2D eigenvalue weighted by molar-refractivity contribution is 8.00. The van der Waals surface area contributed by atoms with Crippen molar-refractivity contribution in [3.8, 4) is 5.75 Å². The van der Waals surface area contributed by atoms with E-state index in [0.29, 0.717) is 29.2 Å². The van der Waals surface area contributed by atoms with Crippen LogP contribution >= 0.6 is 11.8 Å². The second kappa shape index (κ2) is 10.4. The molecule has 1 aliphatic rings. The third-order valence-corrected chi connectivity index (χ3v) is 6.09. The topological polar surface area (TPSA) is 55.8 Å². The van der Waals surface area contributed by atoms with Crippen LogP contribution in [0, 0.1) is 0 Å². The van der Waals surface area contributed by atoms with Gasteiger partial charge < -0.3 is 14.4 Å². The van der Waals surface area contributed by atoms with Crippen molar-refractivity contribution < 1.29 is 32.2 Å². The Morgan fingerprint density at radius 3 is 2.46 bits per heavy atom. The average Bonchev–Trinajstić information content (AvgIpc) is 3.15. The summed E-state index contributed by atoms with van der Waals surface area (Å²) >= 11 is -0.196. The van der Waals surface area contributed by atoms with Gasteiger partial charge in [-0.3, -0.25) is 9.59 Å². The van der Waals surface area contributed by atoms with Crippen molar-refractivity contribution in [3.05, 3.63) is 89.0 Å². The van der Waals surface area contributed by atoms with E-state index in [1.807, 2.05) is 24.3 Å². The van der Waals surface area contributed by atoms with E-state index < -0.39 is 5.51 Å². The number of fused-ring (bicyclic) bond motifs is 1. The number of benzene rings is 3. The summed E-state index contributed by atoms with van der Waals surface area (Å²) < 4.78 is 48.8. The molecule has 182 valence electrons. The van der Waals surface area contributed by atoms with Gasteiger partial charge in [-0.05, 0) is 66.2 Å². The van der Waals surface area contributed by atoms with E-state index in [9.17, 15) is 22.8 Å². The van der Waals surface area contributed by atoms with Crippen molar-refractivity contribution in [1.29, 1.82) is 0 Å². The lowest BCUT2D eigenvalue weighted by Gasteiger charge is -2.16. The molecule has 0 aromatic heterocycles. The largest absolute Gasteiger partial charge is 0.489 e. The van der Waals surface area contributed by atoms with Crippen LogP contribution in [0.3, 0.4) is 0 Å². The van der Waals surface area contributed by atoms with Crippen LogP contribution in [0.5, 0.6) is 5.75 Å². The molecule has 0 bridgehead atoms. The summed E-state index contributed by atoms with van der Waals surface area (Å²) in [6, 6.07) is 18.4. The lowest BCUT2D eigenvalue weighted by atomic mass is 10.1. The van der Waals surface area contributed by atoms with Crippen LogP contribution < -0.4 is 9.64 Å². The Morgan fingerprint density at radius 1 is 1.03 bits per heavy atom. The summed E-state index contributed by atoms with van der Waals surface area (Å²) in [7, 11) is 0. The molecule has 3 aromatic carbocycles. The van der Waals surface area contributed by atoms with E-state index >= 15 is 0 Å². The van der Waals surface area contributed by atoms with Gasteiger partial charge in [-0.1, -0.05) is 30.3 Å². The quantitative estimate of drug-likeness (QED) is 0.274. The fourth-order valence-electron chi connectivity index (χ4n) is 3.85. The third kappa shape index (κ3) is 6.16. The SMILES string of the molecule is CCOC(=O)Cc1cccc(COc2cccc3c2CN(c2ccc(SC(F)(F)F)cc2)C3=O)c1. The van der Waals surface area contributed by atoms with Gasteiger partial charge in [0.05, 0.1) is 19.6 Å². The second-order valence-electron chi connectivity index (χ2n) is 7.81. The Morgan fingerprint density at radius 2 is 1.74 bits per heavy atom. The molecule has 5 nitrogen and oxygen atoms in total. The van der Waals surface area contributed by atoms with E-state index in [1.54, 1.807) is 25.1 Å². The molecule has 0 N–H and O–H groups in total. The number of carbonyl (C=O) groups excluding carboxylic acids is 2. The van der Waals surface area contributed by atoms with Gasteiger partial charge in [-0.15, -0.1) is 0 Å². The summed E-state index contributed by atoms with van der Waals surface area (Å²) in [6.07, 6.45) is 0.173. The monoisotopic (exact) mass is 501 g/mol. The van der Waals surface area contributed by atoms with Crippen LogP contribution in [0.1, 0.15) is 34.0 Å². The maximum atomic E-state index is 13.0. The summed E-state index contributed by atoms with van der Waals surface area (Å²) in [6.45, 7) is 2.57. The van der Waals surface area contributed by atoms with Gasteiger partial charge in [0.25, 0.3) is 5.91 Å². The molecule has 3 aromatic rings. The molecule has 0 unspecified atom stereocenters. The van der Waals surface area contributed by atoms with Crippen LogP contribution in [0.25, 0.3) is 0 Å². The number of halogens is 3. The first-order valence-corrected chi connectivity index (χ1v) is 11.7. The minimum atomic E-state index is -4.37. The molecule has 0 aliphatic carbocycles. The fourth-order valence-corrected chi connectivity index (χ4v) is 4.38. The maximum absolute atomic E-state index is 13.0. The van der Waals surface area contributed by atoms with Gasteiger partial charge in [-0.2, -0.15) is 13.2 Å². The molecule has 0 fully saturated rings. The van der Waals surface area contributed by atoms with Gasteiger partial charge >= 0.3 is 11.5 Å². The number of esters is 1. The molecule has 1 amide bonds. The smallest absolute Gasteiger partial charge is 0.446 e. The Balaban J connectivity index is 1.46. The maximum Gasteiger partial charge on any atom is 0.446 e. The standard InChI is InChI=1S/C26H22F3NO4S/c1-2-33-24(31)14-17-5-3-6-18(13-17)16-34-23-8-4-7-21-22(23)15-30(25(21)32)19-9-11-20(12-10-19)35-26(27,28)29/h3-13H,2,14-16H2,1H3. The van der Waals surface area contributed by atoms with E-state index in [4.69, 9.17) is 9.47 Å². The first-order chi connectivity index (χ1) is 16.7. The van der Waals surface area contributed by atoms with Crippen molar-refractivity contribution in [2.24, 2.45) is 0 Å². The van der Waals surface area contributed by atoms with Crippen LogP contribution in [-0.4, -0.2) is 24.0 Å². The molecule has 0 spiro atoms. The Bertz CT molecular complexity index is 1230. The Kier molecular flexibility index (Phi) is 7.35. The molecular weight excluding hydrogens is 479 g/mol. The Hall–Kier alpha value is -3.46. The predicted octanol–water partition coefficient (Wildman–Crippen LogP) is 6.14. The van der Waals surface area contributed by atoms with Gasteiger partial charge in [0.2, 0.25) is 0 Å². The molecule has 0 saturated heterocycles. The number of amides is 1. The molecule has 0 radical (unpaired) electrons. The molecule has 35 heavy (non-hydrogen) atoms. The zero-order chi connectivity index (χ0) is 25.0. The average molecular weight is 502 g/mol. The summed E-state index contributed by atoms with van der Waals surface area (Å²) in [4.78, 5) is 26.3. The molecule has 4 rings (SSSR count). The van der Waals surface area contributed by atoms with E-state index in [1.165, 1.54) is 29.2 Å². The lowest BCUT2D eigenvalue weighted by Crippen LogP contribution is -2.22. The van der Waals surface area contributed by atoms with Gasteiger partial charge in [0.15, 0.2) is 0 Å². The van der Waals surface area contributed by atoms with Crippen molar-refractivity contribution in [1.82, 2.24) is 0 Å². The van der Waals surface area contributed by atoms with Crippen LogP contribution in [0.4, 0.5) is 18.9 Å². The first kappa shape index (κ1) is 24.7. The Labute approximate surface area is 204 Å². The number of rotatable bonds is 8. The van der Waals surface area contributed by atoms with E-state index in [-0.39, 0.29) is 48.1 Å². The highest BCUT2D eigenvalue weighted by Gasteiger charge is 2.32. The third-order valence-electron chi connectivity index (χ3n) is 5.35. The molecule has 0 saturated carbocycles. The van der Waals surface area contributed by atoms with Crippen LogP contribution in [-0.2, 0) is 29.1 Å². The number of nitrogens with zero attached hydrogens (tertiary/aromatic N) is 1. The molecule has 0 atom stereocenters. The molecule has 1 heterocycles. The number of carbonyl (C=O) groups is 2. The lowest BCUT2D eigenvalue weighted by molar-refractivity contribution is -0.142. The summed E-state index contributed by atoms with van der Waals surface area (Å²) in [5.74, 6) is 0.0200. The first-order valence-electron chi connectivity index (χ1n) is 10.9. The zero-order valence-corrected chi connectivity index (χ0v) is 19.6. The number of anilines is 1. The van der Waals surface area contributed by atoms with Crippen molar-refractivity contribution >= 4 is 29.3 Å². The van der Waals surface area contributed by atoms with E-state index in [0.717, 1.165) is 11.1 Å². The summed E-state index contributed by atoms with van der Waals surface area (Å²) in [5.41, 5.74) is -0.970. The van der Waals surface area contributed by atoms with Crippen LogP contribution in [0.2, 0.25) is 0 Å². The number of hydrogen-bond donors (Lipinski definition) is 0. The highest BCUT2D eigenvalue weighted by atomic mass is 32.2. The second-order valence-corrected chi connectivity index (χ2v) is 8.94. The number of ether oxygens (including phenoxy) is 2. The van der Waals surface area contributed by atoms with Gasteiger partial charge in [-0.25, -0.2) is 0 Å². The van der Waals surface area contributed by atoms with Crippen molar-refractivity contribution in [3.63, 3.8) is 0 Å². The van der Waals surface area contributed by atoms with E-state index in [2.05, 4.69) is 0 Å². The molecular formula is C26H22F3NO4S. The molecule has 9 heteroatoms. The summed E-state index contributed by atoms with van der Waals surface area (Å²) in [5, 5.41) is 0. The highest BCUT2D eigenvalue weighted by Crippen LogP contribution is 2.39. The van der Waals surface area contributed by atoms with Crippen LogP contribution in [0.15, 0.2) is 71.6 Å². The minimum absolute atomic E-state index is 0.0552. The predicted molar refractivity (Wildman–Crippen MR) is 126 cm³/mol.